The Morgan fingerprint density at radius 1 is 0.647 bits per heavy atom. The van der Waals surface area contributed by atoms with Crippen molar-refractivity contribution in [2.45, 2.75) is 0 Å². The van der Waals surface area contributed by atoms with Gasteiger partial charge in [0.25, 0.3) is 0 Å². The molecule has 1 aromatic heterocycles. The Morgan fingerprint density at radius 3 is 1.62 bits per heavy atom. The molecule has 5 nitrogen and oxygen atoms in total. The van der Waals surface area contributed by atoms with Gasteiger partial charge in [-0.1, -0.05) is 0 Å². The molecule has 0 saturated heterocycles. The largest absolute Gasteiger partial charge is 0.243 e. The first kappa shape index (κ1) is 21.2. The molecule has 5 rings (SSSR count). The average Bonchev–Trinajstić information content (AvgIpc) is 3.30. The van der Waals surface area contributed by atoms with Crippen molar-refractivity contribution in [1.29, 1.82) is 5.26 Å². The lowest BCUT2D eigenvalue weighted by Crippen LogP contribution is -2.08. The van der Waals surface area contributed by atoms with E-state index in [9.17, 15) is 35.1 Å². The van der Waals surface area contributed by atoms with Crippen LogP contribution in [0.25, 0.3) is 33.0 Å². The third kappa shape index (κ3) is 2.38. The first-order valence-corrected chi connectivity index (χ1v) is 8.85. The van der Waals surface area contributed by atoms with E-state index in [0.29, 0.717) is 6.08 Å². The second kappa shape index (κ2) is 6.92. The summed E-state index contributed by atoms with van der Waals surface area (Å²) >= 11 is 0. The zero-order chi connectivity index (χ0) is 24.6. The van der Waals surface area contributed by atoms with E-state index >= 15 is 0 Å². The number of allylic oxidation sites excluding steroid dienone is 1. The Bertz CT molecular complexity index is 1540. The fraction of sp³-hybridized carbons (Fsp3) is 0. The van der Waals surface area contributed by atoms with Gasteiger partial charge in [-0.05, 0) is 0 Å². The summed E-state index contributed by atoms with van der Waals surface area (Å²) in [5.41, 5.74) is -7.91. The molecular weight excluding hydrogens is 474 g/mol. The average molecular weight is 475 g/mol. The van der Waals surface area contributed by atoms with E-state index in [4.69, 9.17) is 11.8 Å². The lowest BCUT2D eigenvalue weighted by Gasteiger charge is -2.06. The number of benzene rings is 2. The van der Waals surface area contributed by atoms with Gasteiger partial charge in [0.15, 0.2) is 52.2 Å². The van der Waals surface area contributed by atoms with Crippen molar-refractivity contribution < 1.29 is 35.1 Å². The Morgan fingerprint density at radius 2 is 1.09 bits per heavy atom. The molecule has 0 fully saturated rings. The molecule has 2 aliphatic carbocycles. The Hall–Kier alpha value is -4.65. The number of fused-ring (bicyclic) bond motifs is 6. The van der Waals surface area contributed by atoms with Gasteiger partial charge in [0, 0.05) is 17.2 Å². The maximum Gasteiger partial charge on any atom is 0.198 e. The molecule has 0 aliphatic heterocycles. The van der Waals surface area contributed by atoms with E-state index in [0.717, 1.165) is 0 Å². The molecule has 3 aromatic rings. The van der Waals surface area contributed by atoms with E-state index in [2.05, 4.69) is 20.0 Å². The molecule has 166 valence electrons. The molecule has 0 spiro atoms. The lowest BCUT2D eigenvalue weighted by molar-refractivity contribution is 0.410. The van der Waals surface area contributed by atoms with Gasteiger partial charge < -0.3 is 0 Å². The van der Waals surface area contributed by atoms with Crippen molar-refractivity contribution >= 4 is 11.3 Å². The number of nitriles is 1. The summed E-state index contributed by atoms with van der Waals surface area (Å²) in [7, 11) is 0. The minimum atomic E-state index is -2.22. The monoisotopic (exact) mass is 475 g/mol. The Kier molecular flexibility index (Phi) is 4.32. The highest BCUT2D eigenvalue weighted by molar-refractivity contribution is 6.23. The van der Waals surface area contributed by atoms with Crippen LogP contribution in [-0.4, -0.2) is 15.7 Å². The minimum Gasteiger partial charge on any atom is -0.243 e. The molecule has 0 radical (unpaired) electrons. The summed E-state index contributed by atoms with van der Waals surface area (Å²) in [5.74, 6) is -16.4. The first-order chi connectivity index (χ1) is 16.1. The normalized spacial score (nSPS) is 15.1. The summed E-state index contributed by atoms with van der Waals surface area (Å²) in [6, 6.07) is 1.48. The molecule has 0 saturated carbocycles. The third-order valence-corrected chi connectivity index (χ3v) is 5.25. The molecule has 13 heteroatoms. The van der Waals surface area contributed by atoms with Gasteiger partial charge in [0.2, 0.25) is 0 Å². The van der Waals surface area contributed by atoms with Gasteiger partial charge in [0.05, 0.1) is 33.6 Å². The van der Waals surface area contributed by atoms with Crippen molar-refractivity contribution in [1.82, 2.24) is 9.97 Å². The molecular formula is C21HF8N5. The van der Waals surface area contributed by atoms with Gasteiger partial charge in [0.1, 0.15) is 17.1 Å². The molecule has 2 aliphatic rings. The van der Waals surface area contributed by atoms with Gasteiger partial charge >= 0.3 is 0 Å². The smallest absolute Gasteiger partial charge is 0.198 e. The SMILES string of the molecule is [C-]#[N+]/N=C1/c2nc3c(nc2-c2c(F)c(F)c(F)c(F)c21)/C(=C/C#N)c1c(F)c(F)c(F)c(F)c1-3. The molecule has 34 heavy (non-hydrogen) atoms. The first-order valence-electron chi connectivity index (χ1n) is 8.85. The van der Waals surface area contributed by atoms with E-state index in [1.807, 2.05) is 0 Å². The van der Waals surface area contributed by atoms with E-state index in [1.165, 1.54) is 6.07 Å². The van der Waals surface area contributed by atoms with Gasteiger partial charge in [-0.2, -0.15) is 11.8 Å². The molecule has 0 unspecified atom stereocenters. The lowest BCUT2D eigenvalue weighted by atomic mass is 10.0. The molecule has 0 atom stereocenters. The van der Waals surface area contributed by atoms with Crippen LogP contribution in [0.3, 0.4) is 0 Å². The van der Waals surface area contributed by atoms with Crippen molar-refractivity contribution in [2.75, 3.05) is 0 Å². The Balaban J connectivity index is 1.96. The topological polar surface area (TPSA) is 66.3 Å². The predicted octanol–water partition coefficient (Wildman–Crippen LogP) is 5.18. The minimum absolute atomic E-state index is 0.585. The summed E-state index contributed by atoms with van der Waals surface area (Å²) in [5, 5.41) is 12.3. The highest BCUT2D eigenvalue weighted by Gasteiger charge is 2.44. The fourth-order valence-electron chi connectivity index (χ4n) is 3.91. The second-order valence-corrected chi connectivity index (χ2v) is 6.87. The maximum absolute atomic E-state index is 14.7. The predicted molar refractivity (Wildman–Crippen MR) is 97.5 cm³/mol. The number of aromatic nitrogens is 2. The van der Waals surface area contributed by atoms with Gasteiger partial charge in [-0.25, -0.2) is 45.1 Å². The second-order valence-electron chi connectivity index (χ2n) is 6.87. The number of hydrogen-bond acceptors (Lipinski definition) is 4. The van der Waals surface area contributed by atoms with Gasteiger partial charge in [-0.3, -0.25) is 0 Å². The fourth-order valence-corrected chi connectivity index (χ4v) is 3.91. The molecule has 2 aromatic carbocycles. The Labute approximate surface area is 182 Å². The molecule has 0 N–H and O–H groups in total. The van der Waals surface area contributed by atoms with Crippen LogP contribution in [0.1, 0.15) is 22.5 Å². The zero-order valence-corrected chi connectivity index (χ0v) is 15.8. The van der Waals surface area contributed by atoms with Crippen LogP contribution in [-0.2, 0) is 0 Å². The van der Waals surface area contributed by atoms with Crippen molar-refractivity contribution in [3.05, 3.63) is 86.7 Å². The standard InChI is InChI=1S/C21HF8N5/c1-31-34-20-8-7(11(24)15(28)16(29)12(8)25)19-21(20)33-18-6-5(4(2-3-30)17(18)32-19)9(22)13(26)14(27)10(6)23/h2H/b4-2+,34-20+. The quantitative estimate of drug-likeness (QED) is 0.0775. The maximum atomic E-state index is 14.7. The number of rotatable bonds is 0. The molecule has 0 bridgehead atoms. The summed E-state index contributed by atoms with van der Waals surface area (Å²) in [6.07, 6.45) is 0.595. The molecule has 0 amide bonds. The van der Waals surface area contributed by atoms with Crippen LogP contribution in [0.15, 0.2) is 11.2 Å². The van der Waals surface area contributed by atoms with Crippen molar-refractivity contribution in [2.24, 2.45) is 5.10 Å². The number of nitrogens with zero attached hydrogens (tertiary/aromatic N) is 5. The van der Waals surface area contributed by atoms with Gasteiger partial charge in [-0.15, -0.1) is 4.95 Å². The van der Waals surface area contributed by atoms with Crippen LogP contribution >= 0.6 is 0 Å². The van der Waals surface area contributed by atoms with Crippen LogP contribution in [0.5, 0.6) is 0 Å². The van der Waals surface area contributed by atoms with Crippen molar-refractivity contribution in [3.63, 3.8) is 0 Å². The highest BCUT2D eigenvalue weighted by Crippen LogP contribution is 2.49. The van der Waals surface area contributed by atoms with Crippen LogP contribution in [0.4, 0.5) is 35.1 Å². The number of hydrogen-bond donors (Lipinski definition) is 0. The number of halogens is 8. The third-order valence-electron chi connectivity index (χ3n) is 5.25. The van der Waals surface area contributed by atoms with Crippen LogP contribution in [0.2, 0.25) is 0 Å². The summed E-state index contributed by atoms with van der Waals surface area (Å²) in [6.45, 7) is 6.90. The van der Waals surface area contributed by atoms with E-state index in [1.54, 1.807) is 0 Å². The van der Waals surface area contributed by atoms with E-state index in [-0.39, 0.29) is 0 Å². The summed E-state index contributed by atoms with van der Waals surface area (Å²) in [4.78, 5) is 10.4. The summed E-state index contributed by atoms with van der Waals surface area (Å²) < 4.78 is 114. The zero-order valence-electron chi connectivity index (χ0n) is 15.8. The van der Waals surface area contributed by atoms with Crippen LogP contribution < -0.4 is 0 Å². The van der Waals surface area contributed by atoms with Crippen LogP contribution in [0, 0.1) is 64.4 Å². The molecule has 1 heterocycles. The van der Waals surface area contributed by atoms with E-state index < -0.39 is 103 Å². The van der Waals surface area contributed by atoms with Crippen molar-refractivity contribution in [3.8, 4) is 28.6 Å². The highest BCUT2D eigenvalue weighted by atomic mass is 19.2.